The van der Waals surface area contributed by atoms with Crippen molar-refractivity contribution in [2.75, 3.05) is 14.2 Å². The highest BCUT2D eigenvalue weighted by Crippen LogP contribution is 2.27. The Balaban J connectivity index is 2.72. The van der Waals surface area contributed by atoms with E-state index in [4.69, 9.17) is 4.74 Å². The van der Waals surface area contributed by atoms with Gasteiger partial charge in [-0.3, -0.25) is 9.59 Å². The number of carbonyl (C=O) groups excluding carboxylic acids is 2. The van der Waals surface area contributed by atoms with Gasteiger partial charge in [0.05, 0.1) is 20.6 Å². The fourth-order valence-corrected chi connectivity index (χ4v) is 2.66. The predicted molar refractivity (Wildman–Crippen MR) is 80.4 cm³/mol. The average molecular weight is 296 g/mol. The number of Topliss-reactive ketones (excluding diaryl/α,β-unsaturated/α-hetero) is 1. The molecule has 0 spiro atoms. The normalized spacial score (nSPS) is 11.8. The summed E-state index contributed by atoms with van der Waals surface area (Å²) in [5, 5.41) is 0.146. The molecular formula is C15H20O4S. The summed E-state index contributed by atoms with van der Waals surface area (Å²) in [5.41, 5.74) is 1.63. The summed E-state index contributed by atoms with van der Waals surface area (Å²) in [6.07, 6.45) is 0.371. The van der Waals surface area contributed by atoms with Crippen LogP contribution in [0.15, 0.2) is 18.2 Å². The Morgan fingerprint density at radius 2 is 2.00 bits per heavy atom. The van der Waals surface area contributed by atoms with Gasteiger partial charge in [0.25, 0.3) is 0 Å². The number of esters is 1. The van der Waals surface area contributed by atoms with Gasteiger partial charge in [-0.15, -0.1) is 0 Å². The van der Waals surface area contributed by atoms with Crippen LogP contribution in [-0.2, 0) is 15.3 Å². The summed E-state index contributed by atoms with van der Waals surface area (Å²) in [7, 11) is 2.99. The van der Waals surface area contributed by atoms with Gasteiger partial charge in [-0.2, -0.15) is 11.8 Å². The average Bonchev–Trinajstić information content (AvgIpc) is 2.44. The number of methoxy groups -OCH3 is 2. The van der Waals surface area contributed by atoms with E-state index in [1.54, 1.807) is 37.9 Å². The Hall–Kier alpha value is -1.49. The van der Waals surface area contributed by atoms with E-state index < -0.39 is 0 Å². The van der Waals surface area contributed by atoms with Gasteiger partial charge >= 0.3 is 5.97 Å². The lowest BCUT2D eigenvalue weighted by Crippen LogP contribution is -2.09. The van der Waals surface area contributed by atoms with Crippen LogP contribution in [0, 0.1) is 0 Å². The maximum atomic E-state index is 11.4. The third kappa shape index (κ3) is 4.89. The van der Waals surface area contributed by atoms with Crippen molar-refractivity contribution < 1.29 is 19.1 Å². The number of ether oxygens (including phenoxy) is 2. The molecule has 1 unspecified atom stereocenters. The van der Waals surface area contributed by atoms with Crippen LogP contribution in [0.5, 0.6) is 5.75 Å². The zero-order valence-corrected chi connectivity index (χ0v) is 13.1. The molecule has 0 aliphatic carbocycles. The molecule has 110 valence electrons. The van der Waals surface area contributed by atoms with Gasteiger partial charge in [0.2, 0.25) is 0 Å². The van der Waals surface area contributed by atoms with Crippen molar-refractivity contribution in [3.63, 3.8) is 0 Å². The lowest BCUT2D eigenvalue weighted by molar-refractivity contribution is -0.140. The van der Waals surface area contributed by atoms with Gasteiger partial charge in [-0.05, 0) is 25.1 Å². The number of thioether (sulfide) groups is 1. The maximum Gasteiger partial charge on any atom is 0.306 e. The summed E-state index contributed by atoms with van der Waals surface area (Å²) in [4.78, 5) is 22.6. The minimum absolute atomic E-state index is 0.0292. The smallest absolute Gasteiger partial charge is 0.306 e. The van der Waals surface area contributed by atoms with Gasteiger partial charge in [-0.25, -0.2) is 0 Å². The van der Waals surface area contributed by atoms with Crippen LogP contribution in [0.1, 0.15) is 36.2 Å². The molecule has 0 aliphatic heterocycles. The Morgan fingerprint density at radius 1 is 1.30 bits per heavy atom. The molecule has 5 heteroatoms. The molecule has 1 aromatic rings. The number of hydrogen-bond donors (Lipinski definition) is 0. The van der Waals surface area contributed by atoms with E-state index >= 15 is 0 Å². The molecule has 0 radical (unpaired) electrons. The largest absolute Gasteiger partial charge is 0.496 e. The number of rotatable bonds is 7. The van der Waals surface area contributed by atoms with E-state index in [1.165, 1.54) is 7.11 Å². The number of ketones is 1. The van der Waals surface area contributed by atoms with Crippen LogP contribution < -0.4 is 4.74 Å². The molecule has 1 aromatic carbocycles. The van der Waals surface area contributed by atoms with E-state index in [0.29, 0.717) is 17.7 Å². The number of carbonyl (C=O) groups is 2. The number of benzene rings is 1. The van der Waals surface area contributed by atoms with Gasteiger partial charge < -0.3 is 9.47 Å². The van der Waals surface area contributed by atoms with Gasteiger partial charge in [0.15, 0.2) is 5.78 Å². The first kappa shape index (κ1) is 16.6. The molecule has 0 N–H and O–H groups in total. The lowest BCUT2D eigenvalue weighted by Gasteiger charge is -2.13. The van der Waals surface area contributed by atoms with Crippen LogP contribution in [0.3, 0.4) is 0 Å². The summed E-state index contributed by atoms with van der Waals surface area (Å²) in [6, 6.07) is 5.41. The molecule has 0 bridgehead atoms. The highest BCUT2D eigenvalue weighted by molar-refractivity contribution is 7.99. The van der Waals surface area contributed by atoms with Crippen molar-refractivity contribution in [1.29, 1.82) is 0 Å². The van der Waals surface area contributed by atoms with E-state index in [-0.39, 0.29) is 17.0 Å². The van der Waals surface area contributed by atoms with Gasteiger partial charge in [0.1, 0.15) is 5.75 Å². The third-order valence-corrected chi connectivity index (χ3v) is 4.11. The molecule has 1 atom stereocenters. The molecule has 0 aromatic heterocycles. The lowest BCUT2D eigenvalue weighted by atomic mass is 10.1. The van der Waals surface area contributed by atoms with Crippen LogP contribution in [0.4, 0.5) is 0 Å². The first-order chi connectivity index (χ1) is 9.47. The monoisotopic (exact) mass is 296 g/mol. The Labute approximate surface area is 123 Å². The van der Waals surface area contributed by atoms with E-state index in [9.17, 15) is 9.59 Å². The van der Waals surface area contributed by atoms with Crippen molar-refractivity contribution >= 4 is 23.5 Å². The zero-order valence-electron chi connectivity index (χ0n) is 12.3. The third-order valence-electron chi connectivity index (χ3n) is 2.89. The molecule has 0 saturated heterocycles. The maximum absolute atomic E-state index is 11.4. The quantitative estimate of drug-likeness (QED) is 0.571. The standard InChI is InChI=1S/C15H20O4S/c1-10(7-15(17)19-4)20-9-13-8-12(11(2)16)5-6-14(13)18-3/h5-6,8,10H,7,9H2,1-4H3. The topological polar surface area (TPSA) is 52.6 Å². The summed E-state index contributed by atoms with van der Waals surface area (Å²) >= 11 is 1.63. The van der Waals surface area contributed by atoms with Crippen LogP contribution in [-0.4, -0.2) is 31.2 Å². The van der Waals surface area contributed by atoms with Crippen molar-refractivity contribution in [2.45, 2.75) is 31.3 Å². The minimum Gasteiger partial charge on any atom is -0.496 e. The van der Waals surface area contributed by atoms with Crippen molar-refractivity contribution in [3.8, 4) is 5.75 Å². The number of hydrogen-bond acceptors (Lipinski definition) is 5. The first-order valence-electron chi connectivity index (χ1n) is 6.34. The highest BCUT2D eigenvalue weighted by Gasteiger charge is 2.12. The summed E-state index contributed by atoms with van der Waals surface area (Å²) in [6.45, 7) is 3.52. The van der Waals surface area contributed by atoms with E-state index in [1.807, 2.05) is 13.0 Å². The van der Waals surface area contributed by atoms with Gasteiger partial charge in [0, 0.05) is 22.1 Å². The Morgan fingerprint density at radius 3 is 2.55 bits per heavy atom. The SMILES string of the molecule is COC(=O)CC(C)SCc1cc(C(C)=O)ccc1OC. The zero-order chi connectivity index (χ0) is 15.1. The second-order valence-electron chi connectivity index (χ2n) is 4.48. The van der Waals surface area contributed by atoms with Crippen molar-refractivity contribution in [1.82, 2.24) is 0 Å². The summed E-state index contributed by atoms with van der Waals surface area (Å²) in [5.74, 6) is 1.26. The van der Waals surface area contributed by atoms with Crippen LogP contribution >= 0.6 is 11.8 Å². The predicted octanol–water partition coefficient (Wildman–Crippen LogP) is 3.08. The fourth-order valence-electron chi connectivity index (χ4n) is 1.72. The van der Waals surface area contributed by atoms with Gasteiger partial charge in [-0.1, -0.05) is 6.92 Å². The summed E-state index contributed by atoms with van der Waals surface area (Å²) < 4.78 is 9.95. The van der Waals surface area contributed by atoms with Crippen LogP contribution in [0.2, 0.25) is 0 Å². The molecule has 0 amide bonds. The molecule has 0 fully saturated rings. The fraction of sp³-hybridized carbons (Fsp3) is 0.467. The molecular weight excluding hydrogens is 276 g/mol. The molecule has 0 aliphatic rings. The minimum atomic E-state index is -0.213. The molecule has 0 heterocycles. The van der Waals surface area contributed by atoms with E-state index in [0.717, 1.165) is 11.3 Å². The second kappa shape index (κ2) is 7.94. The molecule has 20 heavy (non-hydrogen) atoms. The van der Waals surface area contributed by atoms with E-state index in [2.05, 4.69) is 4.74 Å². The van der Waals surface area contributed by atoms with Crippen molar-refractivity contribution in [3.05, 3.63) is 29.3 Å². The Kier molecular flexibility index (Phi) is 6.58. The highest BCUT2D eigenvalue weighted by atomic mass is 32.2. The molecule has 0 saturated carbocycles. The molecule has 1 rings (SSSR count). The van der Waals surface area contributed by atoms with Crippen LogP contribution in [0.25, 0.3) is 0 Å². The molecule has 4 nitrogen and oxygen atoms in total. The second-order valence-corrected chi connectivity index (χ2v) is 5.91. The first-order valence-corrected chi connectivity index (χ1v) is 7.39. The van der Waals surface area contributed by atoms with Crippen molar-refractivity contribution in [2.24, 2.45) is 0 Å². The Bertz CT molecular complexity index is 485.